The van der Waals surface area contributed by atoms with Gasteiger partial charge >= 0.3 is 0 Å². The summed E-state index contributed by atoms with van der Waals surface area (Å²) >= 11 is 0. The predicted molar refractivity (Wildman–Crippen MR) is 107 cm³/mol. The normalized spacial score (nSPS) is 16.9. The van der Waals surface area contributed by atoms with Gasteiger partial charge in [0.05, 0.1) is 17.2 Å². The van der Waals surface area contributed by atoms with Gasteiger partial charge in [-0.25, -0.2) is 12.9 Å². The Hall–Kier alpha value is -2.78. The summed E-state index contributed by atoms with van der Waals surface area (Å²) in [5, 5.41) is 6.97. The highest BCUT2D eigenvalue weighted by Gasteiger charge is 2.21. The lowest BCUT2D eigenvalue weighted by atomic mass is 10.1. The lowest BCUT2D eigenvalue weighted by Gasteiger charge is -2.26. The van der Waals surface area contributed by atoms with Gasteiger partial charge in [-0.15, -0.1) is 5.10 Å². The van der Waals surface area contributed by atoms with Gasteiger partial charge in [0.1, 0.15) is 0 Å². The summed E-state index contributed by atoms with van der Waals surface area (Å²) in [6.45, 7) is 3.31. The number of nitrogens with one attached hydrogen (secondary N) is 1. The number of carbonyl (C=O) groups excluding carboxylic acids is 1. The molecule has 1 aromatic carbocycles. The largest absolute Gasteiger partial charge is 0.297 e. The zero-order valence-electron chi connectivity index (χ0n) is 15.5. The molecule has 0 aliphatic carbocycles. The van der Waals surface area contributed by atoms with Crippen LogP contribution in [0.2, 0.25) is 0 Å². The van der Waals surface area contributed by atoms with Crippen molar-refractivity contribution >= 4 is 27.3 Å². The van der Waals surface area contributed by atoms with E-state index in [4.69, 9.17) is 0 Å². The average Bonchev–Trinajstić information content (AvgIpc) is 3.06. The van der Waals surface area contributed by atoms with Crippen molar-refractivity contribution in [1.82, 2.24) is 19.5 Å². The Labute approximate surface area is 163 Å². The van der Waals surface area contributed by atoms with Crippen molar-refractivity contribution in [3.63, 3.8) is 0 Å². The summed E-state index contributed by atoms with van der Waals surface area (Å²) in [6, 6.07) is 13.8. The van der Waals surface area contributed by atoms with Crippen LogP contribution in [0.15, 0.2) is 42.5 Å². The highest BCUT2D eigenvalue weighted by molar-refractivity contribution is 7.91. The van der Waals surface area contributed by atoms with Crippen LogP contribution >= 0.6 is 0 Å². The summed E-state index contributed by atoms with van der Waals surface area (Å²) in [4.78, 5) is 17.7. The number of pyridine rings is 1. The van der Waals surface area contributed by atoms with E-state index in [0.717, 1.165) is 23.4 Å². The van der Waals surface area contributed by atoms with Crippen LogP contribution in [0.3, 0.4) is 0 Å². The van der Waals surface area contributed by atoms with Gasteiger partial charge in [-0.2, -0.15) is 4.98 Å². The Morgan fingerprint density at radius 3 is 2.50 bits per heavy atom. The minimum Gasteiger partial charge on any atom is -0.297 e. The maximum atomic E-state index is 11.6. The molecule has 146 valence electrons. The molecule has 2 aromatic heterocycles. The van der Waals surface area contributed by atoms with Crippen LogP contribution in [-0.4, -0.2) is 58.4 Å². The van der Waals surface area contributed by atoms with Gasteiger partial charge in [-0.3, -0.25) is 15.0 Å². The van der Waals surface area contributed by atoms with Crippen molar-refractivity contribution in [2.24, 2.45) is 0 Å². The van der Waals surface area contributed by atoms with Crippen LogP contribution in [0.5, 0.6) is 0 Å². The van der Waals surface area contributed by atoms with Crippen LogP contribution in [0, 0.1) is 0 Å². The fourth-order valence-electron chi connectivity index (χ4n) is 3.28. The second-order valence-corrected chi connectivity index (χ2v) is 9.23. The van der Waals surface area contributed by atoms with E-state index in [1.54, 1.807) is 4.52 Å². The smallest absolute Gasteiger partial charge is 0.249 e. The maximum Gasteiger partial charge on any atom is 0.249 e. The molecule has 0 atom stereocenters. The van der Waals surface area contributed by atoms with Gasteiger partial charge < -0.3 is 0 Å². The minimum absolute atomic E-state index is 0.215. The summed E-state index contributed by atoms with van der Waals surface area (Å²) in [5.74, 6) is 0.524. The van der Waals surface area contributed by atoms with E-state index in [0.29, 0.717) is 18.7 Å². The number of rotatable bonds is 4. The summed E-state index contributed by atoms with van der Waals surface area (Å²) in [5.41, 5.74) is 3.64. The average molecular weight is 399 g/mol. The molecule has 1 saturated heterocycles. The molecule has 9 heteroatoms. The molecule has 3 heterocycles. The molecule has 4 rings (SSSR count). The minimum atomic E-state index is -2.86. The van der Waals surface area contributed by atoms with Crippen LogP contribution in [0.1, 0.15) is 12.5 Å². The van der Waals surface area contributed by atoms with E-state index >= 15 is 0 Å². The van der Waals surface area contributed by atoms with E-state index in [9.17, 15) is 13.2 Å². The molecule has 3 aromatic rings. The molecule has 0 spiro atoms. The first-order valence-corrected chi connectivity index (χ1v) is 10.9. The molecule has 0 bridgehead atoms. The monoisotopic (exact) mass is 399 g/mol. The number of hydrogen-bond donors (Lipinski definition) is 1. The molecule has 8 nitrogen and oxygen atoms in total. The molecular weight excluding hydrogens is 378 g/mol. The fraction of sp³-hybridized carbons (Fsp3) is 0.316. The van der Waals surface area contributed by atoms with Crippen LogP contribution in [-0.2, 0) is 21.2 Å². The third kappa shape index (κ3) is 4.05. The quantitative estimate of drug-likeness (QED) is 0.716. The van der Waals surface area contributed by atoms with Crippen LogP contribution in [0.4, 0.5) is 5.95 Å². The van der Waals surface area contributed by atoms with Crippen molar-refractivity contribution < 1.29 is 13.2 Å². The van der Waals surface area contributed by atoms with Crippen molar-refractivity contribution in [2.75, 3.05) is 29.9 Å². The Kier molecular flexibility index (Phi) is 4.86. The maximum absolute atomic E-state index is 11.6. The second kappa shape index (κ2) is 7.33. The van der Waals surface area contributed by atoms with Gasteiger partial charge in [0.2, 0.25) is 11.9 Å². The number of anilines is 1. The lowest BCUT2D eigenvalue weighted by molar-refractivity contribution is -0.114. The Balaban J connectivity index is 1.54. The number of benzene rings is 1. The Morgan fingerprint density at radius 1 is 1.11 bits per heavy atom. The zero-order valence-corrected chi connectivity index (χ0v) is 16.3. The third-order valence-electron chi connectivity index (χ3n) is 4.74. The molecule has 1 N–H and O–H groups in total. The Bertz CT molecular complexity index is 1110. The molecule has 0 unspecified atom stereocenters. The molecule has 1 amide bonds. The van der Waals surface area contributed by atoms with Gasteiger partial charge in [0, 0.05) is 32.1 Å². The van der Waals surface area contributed by atoms with E-state index in [-0.39, 0.29) is 23.4 Å². The van der Waals surface area contributed by atoms with Crippen LogP contribution < -0.4 is 5.32 Å². The molecule has 1 fully saturated rings. The van der Waals surface area contributed by atoms with Crippen LogP contribution in [0.25, 0.3) is 16.9 Å². The number of hydrogen-bond acceptors (Lipinski definition) is 6. The SMILES string of the molecule is CC(=O)Nc1nc2cccc(-c3ccc(CN4CCS(=O)(=O)CC4)cc3)n2n1. The first kappa shape index (κ1) is 18.6. The molecule has 0 saturated carbocycles. The number of amides is 1. The first-order chi connectivity index (χ1) is 13.4. The van der Waals surface area contributed by atoms with E-state index in [1.165, 1.54) is 6.92 Å². The topological polar surface area (TPSA) is 96.7 Å². The van der Waals surface area contributed by atoms with E-state index in [1.807, 2.05) is 42.5 Å². The van der Waals surface area contributed by atoms with Crippen molar-refractivity contribution in [3.8, 4) is 11.3 Å². The summed E-state index contributed by atoms with van der Waals surface area (Å²) in [6.07, 6.45) is 0. The van der Waals surface area contributed by atoms with Crippen molar-refractivity contribution in [3.05, 3.63) is 48.0 Å². The van der Waals surface area contributed by atoms with Gasteiger partial charge in [-0.1, -0.05) is 30.3 Å². The zero-order chi connectivity index (χ0) is 19.7. The van der Waals surface area contributed by atoms with Gasteiger partial charge in [-0.05, 0) is 17.7 Å². The summed E-state index contributed by atoms with van der Waals surface area (Å²) < 4.78 is 24.8. The number of nitrogens with zero attached hydrogens (tertiary/aromatic N) is 4. The second-order valence-electron chi connectivity index (χ2n) is 6.92. The fourth-order valence-corrected chi connectivity index (χ4v) is 4.56. The molecule has 1 aliphatic rings. The molecule has 1 aliphatic heterocycles. The van der Waals surface area contributed by atoms with Crippen molar-refractivity contribution in [1.29, 1.82) is 0 Å². The van der Waals surface area contributed by atoms with E-state index in [2.05, 4.69) is 20.3 Å². The van der Waals surface area contributed by atoms with Gasteiger partial charge in [0.25, 0.3) is 0 Å². The standard InChI is InChI=1S/C19H21N5O3S/c1-14(25)20-19-21-18-4-2-3-17(24(18)22-19)16-7-5-15(6-8-16)13-23-9-11-28(26,27)12-10-23/h2-8H,9-13H2,1H3,(H,20,22,25). The van der Waals surface area contributed by atoms with Crippen molar-refractivity contribution in [2.45, 2.75) is 13.5 Å². The number of carbonyl (C=O) groups is 1. The van der Waals surface area contributed by atoms with Gasteiger partial charge in [0.15, 0.2) is 15.5 Å². The highest BCUT2D eigenvalue weighted by Crippen LogP contribution is 2.22. The molecule has 0 radical (unpaired) electrons. The van der Waals surface area contributed by atoms with E-state index < -0.39 is 9.84 Å². The Morgan fingerprint density at radius 2 is 1.82 bits per heavy atom. The lowest BCUT2D eigenvalue weighted by Crippen LogP contribution is -2.39. The number of aromatic nitrogens is 3. The first-order valence-electron chi connectivity index (χ1n) is 9.05. The third-order valence-corrected chi connectivity index (χ3v) is 6.35. The highest BCUT2D eigenvalue weighted by atomic mass is 32.2. The summed E-state index contributed by atoms with van der Waals surface area (Å²) in [7, 11) is -2.86. The molecule has 28 heavy (non-hydrogen) atoms. The number of fused-ring (bicyclic) bond motifs is 1. The number of sulfone groups is 1. The molecular formula is C19H21N5O3S. The predicted octanol–water partition coefficient (Wildman–Crippen LogP) is 1.59.